The predicted octanol–water partition coefficient (Wildman–Crippen LogP) is 3.74. The summed E-state index contributed by atoms with van der Waals surface area (Å²) in [6, 6.07) is 5.60. The average molecular weight is 383 g/mol. The van der Waals surface area contributed by atoms with Gasteiger partial charge in [0.15, 0.2) is 0 Å². The van der Waals surface area contributed by atoms with Crippen molar-refractivity contribution in [1.82, 2.24) is 4.90 Å². The van der Waals surface area contributed by atoms with Gasteiger partial charge in [0.05, 0.1) is 17.9 Å². The molecular weight excluding hydrogens is 358 g/mol. The number of hydrogen-bond donors (Lipinski definition) is 2. The van der Waals surface area contributed by atoms with E-state index in [0.29, 0.717) is 35.9 Å². The molecule has 1 unspecified atom stereocenters. The molecule has 4 nitrogen and oxygen atoms in total. The second kappa shape index (κ2) is 9.27. The van der Waals surface area contributed by atoms with Crippen molar-refractivity contribution in [1.29, 1.82) is 0 Å². The van der Waals surface area contributed by atoms with E-state index in [4.69, 9.17) is 36.8 Å². The maximum atomic E-state index is 11.9. The van der Waals surface area contributed by atoms with Crippen LogP contribution in [0.2, 0.25) is 16.4 Å². The molecular formula is C18H25BCl2N2O2. The van der Waals surface area contributed by atoms with Crippen LogP contribution in [0.5, 0.6) is 0 Å². The minimum Gasteiger partial charge on any atom is -0.480 e. The van der Waals surface area contributed by atoms with Crippen molar-refractivity contribution < 1.29 is 9.90 Å². The monoisotopic (exact) mass is 382 g/mol. The molecule has 2 rings (SSSR count). The van der Waals surface area contributed by atoms with Crippen LogP contribution in [-0.4, -0.2) is 42.5 Å². The highest BCUT2D eigenvalue weighted by Crippen LogP contribution is 2.31. The van der Waals surface area contributed by atoms with Gasteiger partial charge in [-0.05, 0) is 43.5 Å². The van der Waals surface area contributed by atoms with Crippen LogP contribution in [0.25, 0.3) is 0 Å². The van der Waals surface area contributed by atoms with Crippen LogP contribution in [-0.2, 0) is 11.3 Å². The van der Waals surface area contributed by atoms with Gasteiger partial charge in [-0.3, -0.25) is 9.69 Å². The van der Waals surface area contributed by atoms with E-state index in [9.17, 15) is 9.90 Å². The van der Waals surface area contributed by atoms with Crippen LogP contribution < -0.4 is 5.73 Å². The largest absolute Gasteiger partial charge is 0.480 e. The SMILES string of the molecule is [B]CCCCC(N)(C(=O)O)[C@H]1CCCN(Cc2ccc(Cl)c(Cl)c2)C1. The Morgan fingerprint density at radius 1 is 1.36 bits per heavy atom. The zero-order valence-corrected chi connectivity index (χ0v) is 15.9. The van der Waals surface area contributed by atoms with Crippen molar-refractivity contribution in [3.8, 4) is 0 Å². The van der Waals surface area contributed by atoms with Crippen molar-refractivity contribution >= 4 is 37.0 Å². The normalized spacial score (nSPS) is 21.0. The number of piperidine rings is 1. The number of aliphatic carboxylic acids is 1. The number of carboxylic acids is 1. The van der Waals surface area contributed by atoms with Gasteiger partial charge in [-0.1, -0.05) is 48.4 Å². The number of halogens is 2. The molecule has 1 aromatic carbocycles. The Kier molecular flexibility index (Phi) is 7.62. The summed E-state index contributed by atoms with van der Waals surface area (Å²) in [4.78, 5) is 14.1. The number of rotatable bonds is 8. The summed E-state index contributed by atoms with van der Waals surface area (Å²) in [7, 11) is 5.53. The summed E-state index contributed by atoms with van der Waals surface area (Å²) in [5.74, 6) is -0.981. The van der Waals surface area contributed by atoms with E-state index < -0.39 is 11.5 Å². The van der Waals surface area contributed by atoms with Gasteiger partial charge >= 0.3 is 5.97 Å². The van der Waals surface area contributed by atoms with Gasteiger partial charge in [0.25, 0.3) is 0 Å². The highest BCUT2D eigenvalue weighted by atomic mass is 35.5. The maximum absolute atomic E-state index is 11.9. The fraction of sp³-hybridized carbons (Fsp3) is 0.611. The molecule has 1 saturated heterocycles. The summed E-state index contributed by atoms with van der Waals surface area (Å²) in [6.45, 7) is 2.31. The molecule has 136 valence electrons. The molecule has 1 aromatic rings. The highest BCUT2D eigenvalue weighted by Gasteiger charge is 2.43. The van der Waals surface area contributed by atoms with Crippen LogP contribution in [0.15, 0.2) is 18.2 Å². The first-order valence-electron chi connectivity index (χ1n) is 8.75. The molecule has 1 fully saturated rings. The molecule has 7 heteroatoms. The van der Waals surface area contributed by atoms with E-state index in [2.05, 4.69) is 4.90 Å². The van der Waals surface area contributed by atoms with E-state index in [1.54, 1.807) is 6.07 Å². The Morgan fingerprint density at radius 3 is 2.76 bits per heavy atom. The van der Waals surface area contributed by atoms with E-state index in [0.717, 1.165) is 37.8 Å². The Morgan fingerprint density at radius 2 is 2.12 bits per heavy atom. The van der Waals surface area contributed by atoms with Crippen LogP contribution in [0.4, 0.5) is 0 Å². The van der Waals surface area contributed by atoms with Gasteiger partial charge in [-0.15, -0.1) is 0 Å². The van der Waals surface area contributed by atoms with Crippen molar-refractivity contribution in [3.05, 3.63) is 33.8 Å². The van der Waals surface area contributed by atoms with Crippen LogP contribution in [0, 0.1) is 5.92 Å². The molecule has 1 aliphatic rings. The van der Waals surface area contributed by atoms with E-state index in [1.807, 2.05) is 12.1 Å². The maximum Gasteiger partial charge on any atom is 0.324 e. The van der Waals surface area contributed by atoms with Gasteiger partial charge in [-0.2, -0.15) is 0 Å². The first-order chi connectivity index (χ1) is 11.9. The van der Waals surface area contributed by atoms with Gasteiger partial charge in [0, 0.05) is 19.0 Å². The summed E-state index contributed by atoms with van der Waals surface area (Å²) >= 11 is 12.1. The molecule has 0 amide bonds. The molecule has 0 spiro atoms. The third-order valence-corrected chi connectivity index (χ3v) is 5.81. The minimum atomic E-state index is -1.19. The predicted molar refractivity (Wildman–Crippen MR) is 103 cm³/mol. The molecule has 2 radical (unpaired) electrons. The first-order valence-corrected chi connectivity index (χ1v) is 9.51. The highest BCUT2D eigenvalue weighted by molar-refractivity contribution is 6.42. The Balaban J connectivity index is 2.04. The molecule has 1 heterocycles. The number of nitrogens with zero attached hydrogens (tertiary/aromatic N) is 1. The number of likely N-dealkylation sites (tertiary alicyclic amines) is 1. The molecule has 25 heavy (non-hydrogen) atoms. The third-order valence-electron chi connectivity index (χ3n) is 5.07. The Hall–Kier alpha value is -0.745. The molecule has 1 aliphatic heterocycles. The number of carbonyl (C=O) groups is 1. The summed E-state index contributed by atoms with van der Waals surface area (Å²) < 4.78 is 0. The zero-order chi connectivity index (χ0) is 18.4. The van der Waals surface area contributed by atoms with Crippen molar-refractivity contribution in [2.45, 2.75) is 50.5 Å². The van der Waals surface area contributed by atoms with Gasteiger partial charge in [0.1, 0.15) is 5.54 Å². The van der Waals surface area contributed by atoms with Gasteiger partial charge < -0.3 is 10.8 Å². The zero-order valence-electron chi connectivity index (χ0n) is 14.4. The average Bonchev–Trinajstić information content (AvgIpc) is 2.58. The smallest absolute Gasteiger partial charge is 0.324 e. The Bertz CT molecular complexity index is 602. The second-order valence-electron chi connectivity index (χ2n) is 6.91. The fourth-order valence-electron chi connectivity index (χ4n) is 3.56. The van der Waals surface area contributed by atoms with Crippen molar-refractivity contribution in [3.63, 3.8) is 0 Å². The molecule has 0 aliphatic carbocycles. The Labute approximate surface area is 161 Å². The first kappa shape index (κ1) is 20.6. The number of benzene rings is 1. The molecule has 0 saturated carbocycles. The quantitative estimate of drug-likeness (QED) is 0.530. The molecule has 0 aromatic heterocycles. The molecule has 3 N–H and O–H groups in total. The van der Waals surface area contributed by atoms with Crippen molar-refractivity contribution in [2.24, 2.45) is 11.7 Å². The summed E-state index contributed by atoms with van der Waals surface area (Å²) in [5, 5.41) is 10.8. The fourth-order valence-corrected chi connectivity index (χ4v) is 3.88. The van der Waals surface area contributed by atoms with Crippen LogP contribution in [0.3, 0.4) is 0 Å². The molecule has 0 bridgehead atoms. The lowest BCUT2D eigenvalue weighted by Crippen LogP contribution is -2.58. The van der Waals surface area contributed by atoms with E-state index in [-0.39, 0.29) is 5.92 Å². The minimum absolute atomic E-state index is 0.0701. The lowest BCUT2D eigenvalue weighted by atomic mass is 9.75. The van der Waals surface area contributed by atoms with E-state index in [1.165, 1.54) is 0 Å². The van der Waals surface area contributed by atoms with E-state index >= 15 is 0 Å². The second-order valence-corrected chi connectivity index (χ2v) is 7.73. The summed E-state index contributed by atoms with van der Waals surface area (Å²) in [6.07, 6.45) is 4.33. The standard InChI is InChI=1S/C18H25BCl2N2O2/c19-8-2-1-7-18(22,17(24)25)14-4-3-9-23(12-14)11-13-5-6-15(20)16(21)10-13/h5-6,10,14H,1-4,7-9,11-12,22H2,(H,24,25)/t14-,18?/m0/s1. The lowest BCUT2D eigenvalue weighted by molar-refractivity contribution is -0.147. The topological polar surface area (TPSA) is 66.6 Å². The van der Waals surface area contributed by atoms with Crippen molar-refractivity contribution in [2.75, 3.05) is 13.1 Å². The number of nitrogens with two attached hydrogens (primary N) is 1. The van der Waals surface area contributed by atoms with Crippen LogP contribution >= 0.6 is 23.2 Å². The lowest BCUT2D eigenvalue weighted by Gasteiger charge is -2.41. The third kappa shape index (κ3) is 5.36. The summed E-state index contributed by atoms with van der Waals surface area (Å²) in [5.41, 5.74) is 6.23. The number of unbranched alkanes of at least 4 members (excludes halogenated alkanes) is 1. The van der Waals surface area contributed by atoms with Gasteiger partial charge in [0.2, 0.25) is 0 Å². The number of hydrogen-bond acceptors (Lipinski definition) is 3. The van der Waals surface area contributed by atoms with Gasteiger partial charge in [-0.25, -0.2) is 0 Å². The molecule has 2 atom stereocenters. The van der Waals surface area contributed by atoms with Crippen LogP contribution in [0.1, 0.15) is 37.7 Å². The number of carboxylic acid groups (broad SMARTS) is 1.